The van der Waals surface area contributed by atoms with Crippen molar-refractivity contribution in [3.8, 4) is 0 Å². The summed E-state index contributed by atoms with van der Waals surface area (Å²) in [5.41, 5.74) is 0. The summed E-state index contributed by atoms with van der Waals surface area (Å²) in [6.07, 6.45) is 10.2. The Labute approximate surface area is 60.7 Å². The highest BCUT2D eigenvalue weighted by molar-refractivity contribution is 5.34. The van der Waals surface area contributed by atoms with Gasteiger partial charge < -0.3 is 0 Å². The lowest BCUT2D eigenvalue weighted by Crippen LogP contribution is -1.83. The summed E-state index contributed by atoms with van der Waals surface area (Å²) in [5.74, 6) is 0.664. The van der Waals surface area contributed by atoms with Crippen molar-refractivity contribution in [3.05, 3.63) is 12.3 Å². The summed E-state index contributed by atoms with van der Waals surface area (Å²) >= 11 is 0. The van der Waals surface area contributed by atoms with Gasteiger partial charge in [0, 0.05) is 6.20 Å². The van der Waals surface area contributed by atoms with Crippen LogP contribution < -0.4 is 0 Å². The fourth-order valence-electron chi connectivity index (χ4n) is 1.35. The fourth-order valence-corrected chi connectivity index (χ4v) is 1.35. The minimum Gasteiger partial charge on any atom is -0.211 e. The normalized spacial score (nSPS) is 19.6. The van der Waals surface area contributed by atoms with Gasteiger partial charge in [0.05, 0.1) is 0 Å². The van der Waals surface area contributed by atoms with E-state index in [9.17, 15) is 4.79 Å². The summed E-state index contributed by atoms with van der Waals surface area (Å²) in [4.78, 5) is 13.0. The predicted molar refractivity (Wildman–Crippen MR) is 39.2 cm³/mol. The second-order valence-corrected chi connectivity index (χ2v) is 2.61. The smallest absolute Gasteiger partial charge is 0.211 e. The first-order valence-corrected chi connectivity index (χ1v) is 3.67. The lowest BCUT2D eigenvalue weighted by molar-refractivity contribution is 0.565. The van der Waals surface area contributed by atoms with Gasteiger partial charge in [-0.2, -0.15) is 4.99 Å². The lowest BCUT2D eigenvalue weighted by Gasteiger charge is -1.96. The number of aliphatic imine (C=N–C) groups is 1. The quantitative estimate of drug-likeness (QED) is 0.423. The van der Waals surface area contributed by atoms with E-state index in [-0.39, 0.29) is 0 Å². The third kappa shape index (κ3) is 2.16. The summed E-state index contributed by atoms with van der Waals surface area (Å²) in [7, 11) is 0. The van der Waals surface area contributed by atoms with Crippen molar-refractivity contribution < 1.29 is 4.79 Å². The molecule has 0 spiro atoms. The number of hydrogen-bond acceptors (Lipinski definition) is 2. The largest absolute Gasteiger partial charge is 0.239 e. The van der Waals surface area contributed by atoms with Crippen molar-refractivity contribution in [1.29, 1.82) is 0 Å². The third-order valence-corrected chi connectivity index (χ3v) is 1.89. The van der Waals surface area contributed by atoms with E-state index < -0.39 is 0 Å². The number of allylic oxidation sites excluding steroid dienone is 1. The van der Waals surface area contributed by atoms with E-state index in [1.54, 1.807) is 6.20 Å². The second-order valence-electron chi connectivity index (χ2n) is 2.61. The highest BCUT2D eigenvalue weighted by Crippen LogP contribution is 2.25. The van der Waals surface area contributed by atoms with Gasteiger partial charge in [0.1, 0.15) is 0 Å². The topological polar surface area (TPSA) is 29.4 Å². The van der Waals surface area contributed by atoms with Crippen molar-refractivity contribution in [1.82, 2.24) is 0 Å². The van der Waals surface area contributed by atoms with Crippen molar-refractivity contribution in [2.75, 3.05) is 0 Å². The molecule has 0 unspecified atom stereocenters. The molecule has 0 radical (unpaired) electrons. The molecule has 0 aromatic heterocycles. The highest BCUT2D eigenvalue weighted by atomic mass is 16.1. The predicted octanol–water partition coefficient (Wildman–Crippen LogP) is 2.03. The molecule has 0 saturated heterocycles. The van der Waals surface area contributed by atoms with Crippen LogP contribution in [-0.4, -0.2) is 6.08 Å². The Bertz CT molecular complexity index is 162. The van der Waals surface area contributed by atoms with Crippen LogP contribution in [0.1, 0.15) is 25.7 Å². The van der Waals surface area contributed by atoms with Crippen LogP contribution in [0.25, 0.3) is 0 Å². The molecule has 0 aromatic carbocycles. The molecule has 2 heteroatoms. The van der Waals surface area contributed by atoms with E-state index in [0.717, 1.165) is 0 Å². The molecule has 1 aliphatic rings. The Morgan fingerprint density at radius 1 is 1.40 bits per heavy atom. The van der Waals surface area contributed by atoms with Gasteiger partial charge in [-0.15, -0.1) is 0 Å². The van der Waals surface area contributed by atoms with Crippen LogP contribution >= 0.6 is 0 Å². The van der Waals surface area contributed by atoms with Gasteiger partial charge in [-0.25, -0.2) is 4.79 Å². The Morgan fingerprint density at radius 3 is 2.70 bits per heavy atom. The summed E-state index contributed by atoms with van der Waals surface area (Å²) in [6, 6.07) is 0. The second kappa shape index (κ2) is 4.02. The van der Waals surface area contributed by atoms with Crippen LogP contribution in [-0.2, 0) is 4.79 Å². The van der Waals surface area contributed by atoms with Gasteiger partial charge in [-0.1, -0.05) is 18.9 Å². The minimum absolute atomic E-state index is 0.664. The van der Waals surface area contributed by atoms with E-state index in [1.807, 2.05) is 6.08 Å². The van der Waals surface area contributed by atoms with Crippen LogP contribution in [0.2, 0.25) is 0 Å². The van der Waals surface area contributed by atoms with Crippen molar-refractivity contribution >= 4 is 6.08 Å². The zero-order valence-electron chi connectivity index (χ0n) is 5.92. The van der Waals surface area contributed by atoms with E-state index in [1.165, 1.54) is 31.8 Å². The molecule has 0 atom stereocenters. The molecule has 1 aliphatic carbocycles. The molecule has 0 bridgehead atoms. The molecule has 1 saturated carbocycles. The maximum atomic E-state index is 9.64. The summed E-state index contributed by atoms with van der Waals surface area (Å²) < 4.78 is 0. The molecule has 10 heavy (non-hydrogen) atoms. The van der Waals surface area contributed by atoms with E-state index in [2.05, 4.69) is 4.99 Å². The maximum Gasteiger partial charge on any atom is 0.239 e. The molecule has 1 fully saturated rings. The molecule has 0 aromatic rings. The first-order chi connectivity index (χ1) is 4.93. The van der Waals surface area contributed by atoms with Gasteiger partial charge in [0.15, 0.2) is 0 Å². The fraction of sp³-hybridized carbons (Fsp3) is 0.625. The van der Waals surface area contributed by atoms with E-state index in [0.29, 0.717) is 5.92 Å². The van der Waals surface area contributed by atoms with Gasteiger partial charge in [-0.05, 0) is 18.8 Å². The zero-order valence-corrected chi connectivity index (χ0v) is 5.92. The van der Waals surface area contributed by atoms with Gasteiger partial charge >= 0.3 is 0 Å². The van der Waals surface area contributed by atoms with Crippen LogP contribution in [0.3, 0.4) is 0 Å². The number of carbonyl (C=O) groups excluding carboxylic acids is 1. The number of hydrogen-bond donors (Lipinski definition) is 0. The Kier molecular flexibility index (Phi) is 2.91. The van der Waals surface area contributed by atoms with Crippen LogP contribution in [0.15, 0.2) is 17.3 Å². The molecular formula is C8H11NO. The zero-order chi connectivity index (χ0) is 7.23. The average Bonchev–Trinajstić information content (AvgIpc) is 2.41. The van der Waals surface area contributed by atoms with Crippen molar-refractivity contribution in [3.63, 3.8) is 0 Å². The SMILES string of the molecule is O=C=N/C=C\C1CCCC1. The van der Waals surface area contributed by atoms with E-state index in [4.69, 9.17) is 0 Å². The third-order valence-electron chi connectivity index (χ3n) is 1.89. The monoisotopic (exact) mass is 137 g/mol. The molecule has 2 nitrogen and oxygen atoms in total. The maximum absolute atomic E-state index is 9.64. The van der Waals surface area contributed by atoms with Crippen LogP contribution in [0.4, 0.5) is 0 Å². The minimum atomic E-state index is 0.664. The molecular weight excluding hydrogens is 126 g/mol. The first kappa shape index (κ1) is 7.23. The first-order valence-electron chi connectivity index (χ1n) is 3.67. The van der Waals surface area contributed by atoms with Gasteiger partial charge in [0.2, 0.25) is 6.08 Å². The molecule has 0 aliphatic heterocycles. The number of rotatable bonds is 2. The Morgan fingerprint density at radius 2 is 2.10 bits per heavy atom. The summed E-state index contributed by atoms with van der Waals surface area (Å²) in [5, 5.41) is 0. The van der Waals surface area contributed by atoms with Gasteiger partial charge in [-0.3, -0.25) is 0 Å². The van der Waals surface area contributed by atoms with Crippen molar-refractivity contribution in [2.45, 2.75) is 25.7 Å². The Balaban J connectivity index is 2.29. The van der Waals surface area contributed by atoms with Crippen LogP contribution in [0, 0.1) is 5.92 Å². The molecule has 0 heterocycles. The lowest BCUT2D eigenvalue weighted by atomic mass is 10.1. The summed E-state index contributed by atoms with van der Waals surface area (Å²) in [6.45, 7) is 0. The Hall–Kier alpha value is -0.880. The number of nitrogens with zero attached hydrogens (tertiary/aromatic N) is 1. The molecule has 1 rings (SSSR count). The van der Waals surface area contributed by atoms with Crippen LogP contribution in [0.5, 0.6) is 0 Å². The molecule has 54 valence electrons. The van der Waals surface area contributed by atoms with E-state index >= 15 is 0 Å². The average molecular weight is 137 g/mol. The molecule has 0 N–H and O–H groups in total. The standard InChI is InChI=1S/C8H11NO/c10-7-9-6-5-8-3-1-2-4-8/h5-6,8H,1-4H2/b6-5-. The number of isocyanates is 1. The van der Waals surface area contributed by atoms with Crippen molar-refractivity contribution in [2.24, 2.45) is 10.9 Å². The molecule has 0 amide bonds. The van der Waals surface area contributed by atoms with Gasteiger partial charge in [0.25, 0.3) is 0 Å². The highest BCUT2D eigenvalue weighted by Gasteiger charge is 2.10.